The highest BCUT2D eigenvalue weighted by atomic mass is 127. The fraction of sp³-hybridized carbons (Fsp3) is 0.200. The van der Waals surface area contributed by atoms with Crippen molar-refractivity contribution in [1.82, 2.24) is 4.98 Å². The maximum Gasteiger partial charge on any atom is 0.256 e. The number of rotatable bonds is 5. The molecular weight excluding hydrogens is 367 g/mol. The number of carbonyl (C=O) groups excluding carboxylic acids is 1. The molecule has 0 spiro atoms. The number of halogens is 1. The summed E-state index contributed by atoms with van der Waals surface area (Å²) in [4.78, 5) is 16.2. The molecule has 20 heavy (non-hydrogen) atoms. The standard InChI is InChI=1S/C15H15IN2O2/c1-2-9-20-13-6-3-11(4-7-13)15(19)18-14-8-5-12(16)10-17-14/h3-8,10H,2,9H2,1H3,(H,17,18,19). The number of hydrogen-bond donors (Lipinski definition) is 1. The van der Waals surface area contributed by atoms with Crippen molar-refractivity contribution in [2.24, 2.45) is 0 Å². The van der Waals surface area contributed by atoms with E-state index in [-0.39, 0.29) is 5.91 Å². The lowest BCUT2D eigenvalue weighted by Gasteiger charge is -2.07. The molecule has 0 aliphatic carbocycles. The fourth-order valence-electron chi connectivity index (χ4n) is 1.56. The van der Waals surface area contributed by atoms with Crippen LogP contribution in [-0.4, -0.2) is 17.5 Å². The van der Waals surface area contributed by atoms with Crippen LogP contribution in [0.5, 0.6) is 5.75 Å². The number of aromatic nitrogens is 1. The first kappa shape index (κ1) is 14.8. The zero-order valence-corrected chi connectivity index (χ0v) is 13.3. The van der Waals surface area contributed by atoms with Crippen LogP contribution in [0.15, 0.2) is 42.6 Å². The van der Waals surface area contributed by atoms with E-state index in [1.807, 2.05) is 6.07 Å². The second kappa shape index (κ2) is 7.23. The molecule has 1 aromatic carbocycles. The van der Waals surface area contributed by atoms with Crippen LogP contribution in [0.1, 0.15) is 23.7 Å². The summed E-state index contributed by atoms with van der Waals surface area (Å²) in [6.07, 6.45) is 2.67. The highest BCUT2D eigenvalue weighted by Crippen LogP contribution is 2.14. The van der Waals surface area contributed by atoms with Crippen LogP contribution in [-0.2, 0) is 0 Å². The Kier molecular flexibility index (Phi) is 5.34. The van der Waals surface area contributed by atoms with Gasteiger partial charge < -0.3 is 10.1 Å². The van der Waals surface area contributed by atoms with E-state index in [1.54, 1.807) is 36.5 Å². The molecule has 2 aromatic rings. The summed E-state index contributed by atoms with van der Waals surface area (Å²) in [7, 11) is 0. The second-order valence-electron chi connectivity index (χ2n) is 4.19. The Balaban J connectivity index is 2.00. The second-order valence-corrected chi connectivity index (χ2v) is 5.43. The number of anilines is 1. The minimum Gasteiger partial charge on any atom is -0.494 e. The zero-order valence-electron chi connectivity index (χ0n) is 11.1. The molecule has 1 heterocycles. The number of nitrogens with one attached hydrogen (secondary N) is 1. The lowest BCUT2D eigenvalue weighted by molar-refractivity contribution is 0.102. The van der Waals surface area contributed by atoms with Gasteiger partial charge >= 0.3 is 0 Å². The molecule has 1 aromatic heterocycles. The van der Waals surface area contributed by atoms with Gasteiger partial charge in [0.1, 0.15) is 11.6 Å². The minimum atomic E-state index is -0.180. The summed E-state index contributed by atoms with van der Waals surface area (Å²) < 4.78 is 6.50. The molecule has 4 nitrogen and oxygen atoms in total. The Morgan fingerprint density at radius 3 is 2.60 bits per heavy atom. The molecule has 2 rings (SSSR count). The third kappa shape index (κ3) is 4.19. The lowest BCUT2D eigenvalue weighted by Crippen LogP contribution is -2.12. The largest absolute Gasteiger partial charge is 0.494 e. The molecule has 5 heteroatoms. The lowest BCUT2D eigenvalue weighted by atomic mass is 10.2. The highest BCUT2D eigenvalue weighted by molar-refractivity contribution is 14.1. The van der Waals surface area contributed by atoms with Gasteiger partial charge in [-0.3, -0.25) is 4.79 Å². The van der Waals surface area contributed by atoms with E-state index in [4.69, 9.17) is 4.74 Å². The predicted molar refractivity (Wildman–Crippen MR) is 87.1 cm³/mol. The summed E-state index contributed by atoms with van der Waals surface area (Å²) in [6, 6.07) is 10.8. The number of carbonyl (C=O) groups is 1. The summed E-state index contributed by atoms with van der Waals surface area (Å²) >= 11 is 2.17. The van der Waals surface area contributed by atoms with Crippen molar-refractivity contribution < 1.29 is 9.53 Å². The molecule has 0 atom stereocenters. The molecule has 0 saturated heterocycles. The minimum absolute atomic E-state index is 0.180. The predicted octanol–water partition coefficient (Wildman–Crippen LogP) is 3.73. The van der Waals surface area contributed by atoms with Crippen molar-refractivity contribution >= 4 is 34.3 Å². The molecule has 0 unspecified atom stereocenters. The quantitative estimate of drug-likeness (QED) is 0.802. The third-order valence-corrected chi connectivity index (χ3v) is 3.20. The van der Waals surface area contributed by atoms with E-state index in [2.05, 4.69) is 39.8 Å². The van der Waals surface area contributed by atoms with Gasteiger partial charge in [-0.15, -0.1) is 0 Å². The van der Waals surface area contributed by atoms with E-state index in [9.17, 15) is 4.79 Å². The molecule has 0 saturated carbocycles. The van der Waals surface area contributed by atoms with Gasteiger partial charge in [0.15, 0.2) is 0 Å². The SMILES string of the molecule is CCCOc1ccc(C(=O)Nc2ccc(I)cn2)cc1. The van der Waals surface area contributed by atoms with Gasteiger partial charge in [0.25, 0.3) is 5.91 Å². The third-order valence-electron chi connectivity index (χ3n) is 2.56. The average molecular weight is 382 g/mol. The van der Waals surface area contributed by atoms with Crippen LogP contribution in [0.25, 0.3) is 0 Å². The number of benzene rings is 1. The molecular formula is C15H15IN2O2. The summed E-state index contributed by atoms with van der Waals surface area (Å²) in [5, 5.41) is 2.75. The van der Waals surface area contributed by atoms with Gasteiger partial charge in [0, 0.05) is 15.3 Å². The first-order valence-corrected chi connectivity index (χ1v) is 7.42. The van der Waals surface area contributed by atoms with E-state index in [0.717, 1.165) is 15.7 Å². The van der Waals surface area contributed by atoms with E-state index < -0.39 is 0 Å². The fourth-order valence-corrected chi connectivity index (χ4v) is 1.88. The van der Waals surface area contributed by atoms with Crippen LogP contribution in [0.4, 0.5) is 5.82 Å². The highest BCUT2D eigenvalue weighted by Gasteiger charge is 2.06. The number of hydrogen-bond acceptors (Lipinski definition) is 3. The summed E-state index contributed by atoms with van der Waals surface area (Å²) in [5.74, 6) is 1.14. The molecule has 0 fully saturated rings. The Labute approximate surface area is 131 Å². The van der Waals surface area contributed by atoms with Crippen molar-refractivity contribution in [3.63, 3.8) is 0 Å². The Hall–Kier alpha value is -1.63. The molecule has 1 amide bonds. The van der Waals surface area contributed by atoms with Crippen molar-refractivity contribution in [3.8, 4) is 5.75 Å². The molecule has 0 aliphatic rings. The van der Waals surface area contributed by atoms with Gasteiger partial charge in [0.2, 0.25) is 0 Å². The molecule has 0 bridgehead atoms. The summed E-state index contributed by atoms with van der Waals surface area (Å²) in [5.41, 5.74) is 0.578. The molecule has 104 valence electrons. The topological polar surface area (TPSA) is 51.2 Å². The first-order chi connectivity index (χ1) is 9.69. The van der Waals surface area contributed by atoms with E-state index in [1.165, 1.54) is 0 Å². The van der Waals surface area contributed by atoms with Crippen LogP contribution in [0.3, 0.4) is 0 Å². The smallest absolute Gasteiger partial charge is 0.256 e. The van der Waals surface area contributed by atoms with E-state index >= 15 is 0 Å². The molecule has 1 N–H and O–H groups in total. The van der Waals surface area contributed by atoms with Crippen molar-refractivity contribution in [2.75, 3.05) is 11.9 Å². The number of nitrogens with zero attached hydrogens (tertiary/aromatic N) is 1. The number of pyridine rings is 1. The van der Waals surface area contributed by atoms with Crippen molar-refractivity contribution in [2.45, 2.75) is 13.3 Å². The Morgan fingerprint density at radius 1 is 1.25 bits per heavy atom. The summed E-state index contributed by atoms with van der Waals surface area (Å²) in [6.45, 7) is 2.73. The van der Waals surface area contributed by atoms with Crippen LogP contribution < -0.4 is 10.1 Å². The van der Waals surface area contributed by atoms with Crippen molar-refractivity contribution in [3.05, 3.63) is 51.7 Å². The Bertz CT molecular complexity index is 567. The van der Waals surface area contributed by atoms with Gasteiger partial charge in [-0.25, -0.2) is 4.98 Å². The van der Waals surface area contributed by atoms with E-state index in [0.29, 0.717) is 18.0 Å². The normalized spacial score (nSPS) is 10.1. The van der Waals surface area contributed by atoms with Crippen LogP contribution >= 0.6 is 22.6 Å². The van der Waals surface area contributed by atoms with Gasteiger partial charge in [-0.2, -0.15) is 0 Å². The van der Waals surface area contributed by atoms with Gasteiger partial charge in [-0.05, 0) is 65.4 Å². The Morgan fingerprint density at radius 2 is 2.00 bits per heavy atom. The van der Waals surface area contributed by atoms with Gasteiger partial charge in [0.05, 0.1) is 6.61 Å². The molecule has 0 aliphatic heterocycles. The van der Waals surface area contributed by atoms with Crippen molar-refractivity contribution in [1.29, 1.82) is 0 Å². The molecule has 0 radical (unpaired) electrons. The monoisotopic (exact) mass is 382 g/mol. The number of amides is 1. The van der Waals surface area contributed by atoms with Gasteiger partial charge in [-0.1, -0.05) is 6.92 Å². The van der Waals surface area contributed by atoms with Crippen LogP contribution in [0.2, 0.25) is 0 Å². The maximum atomic E-state index is 12.0. The first-order valence-electron chi connectivity index (χ1n) is 6.35. The van der Waals surface area contributed by atoms with Crippen LogP contribution in [0, 0.1) is 3.57 Å². The average Bonchev–Trinajstić information content (AvgIpc) is 2.48. The maximum absolute atomic E-state index is 12.0. The number of ether oxygens (including phenoxy) is 1. The zero-order chi connectivity index (χ0) is 14.4.